The number of carbonyl (C=O) groups is 2. The Labute approximate surface area is 200 Å². The molecule has 2 amide bonds. The van der Waals surface area contributed by atoms with Crippen molar-refractivity contribution in [1.29, 1.82) is 0 Å². The van der Waals surface area contributed by atoms with Crippen LogP contribution < -0.4 is 15.8 Å². The average Bonchev–Trinajstić information content (AvgIpc) is 3.60. The summed E-state index contributed by atoms with van der Waals surface area (Å²) in [5.74, 6) is 1.98. The van der Waals surface area contributed by atoms with Crippen LogP contribution in [0, 0.1) is 12.8 Å². The van der Waals surface area contributed by atoms with Crippen molar-refractivity contribution in [2.24, 2.45) is 11.7 Å². The predicted octanol–water partition coefficient (Wildman–Crippen LogP) is 3.62. The number of rotatable bonds is 6. The first kappa shape index (κ1) is 22.5. The van der Waals surface area contributed by atoms with Gasteiger partial charge in [0.25, 0.3) is 5.91 Å². The largest absolute Gasteiger partial charge is 0.496 e. The number of primary amides is 1. The molecule has 1 aromatic heterocycles. The van der Waals surface area contributed by atoms with Gasteiger partial charge in [0, 0.05) is 30.8 Å². The molecule has 3 N–H and O–H groups in total. The molecule has 2 aromatic rings. The van der Waals surface area contributed by atoms with Crippen LogP contribution in [0.3, 0.4) is 0 Å². The zero-order valence-electron chi connectivity index (χ0n) is 20.0. The van der Waals surface area contributed by atoms with Gasteiger partial charge < -0.3 is 20.7 Å². The smallest absolute Gasteiger partial charge is 0.254 e. The third kappa shape index (κ3) is 3.85. The average molecular weight is 464 g/mol. The highest BCUT2D eigenvalue weighted by molar-refractivity contribution is 6.04. The minimum absolute atomic E-state index is 0.0131. The van der Waals surface area contributed by atoms with Gasteiger partial charge in [-0.2, -0.15) is 5.10 Å². The van der Waals surface area contributed by atoms with E-state index in [1.54, 1.807) is 7.11 Å². The molecule has 1 unspecified atom stereocenters. The molecule has 2 aliphatic heterocycles. The van der Waals surface area contributed by atoms with Gasteiger partial charge in [0.15, 0.2) is 0 Å². The SMILES string of the molecule is C=CC(=O)N1CCC(C2CCNc3c(C(N)=O)c(-c4cc(C)c(C5CC5)c(OC)c4)nn32)CC1. The number of fused-ring (bicyclic) bond motifs is 1. The fourth-order valence-corrected chi connectivity index (χ4v) is 5.78. The van der Waals surface area contributed by atoms with E-state index in [9.17, 15) is 9.59 Å². The molecule has 0 spiro atoms. The van der Waals surface area contributed by atoms with Gasteiger partial charge in [-0.1, -0.05) is 6.58 Å². The lowest BCUT2D eigenvalue weighted by Crippen LogP contribution is -2.41. The molecule has 1 aliphatic carbocycles. The van der Waals surface area contributed by atoms with Crippen LogP contribution >= 0.6 is 0 Å². The van der Waals surface area contributed by atoms with E-state index in [2.05, 4.69) is 24.9 Å². The number of ether oxygens (including phenoxy) is 1. The lowest BCUT2D eigenvalue weighted by atomic mass is 9.87. The summed E-state index contributed by atoms with van der Waals surface area (Å²) >= 11 is 0. The summed E-state index contributed by atoms with van der Waals surface area (Å²) in [5.41, 5.74) is 10.2. The molecule has 0 radical (unpaired) electrons. The van der Waals surface area contributed by atoms with Crippen molar-refractivity contribution in [3.8, 4) is 17.0 Å². The van der Waals surface area contributed by atoms with Gasteiger partial charge in [0.05, 0.1) is 13.2 Å². The molecular formula is C26H33N5O3. The van der Waals surface area contributed by atoms with Gasteiger partial charge >= 0.3 is 0 Å². The number of methoxy groups -OCH3 is 1. The van der Waals surface area contributed by atoms with Gasteiger partial charge in [-0.15, -0.1) is 0 Å². The van der Waals surface area contributed by atoms with Crippen LogP contribution in [0.5, 0.6) is 5.75 Å². The third-order valence-corrected chi connectivity index (χ3v) is 7.60. The Morgan fingerprint density at radius 3 is 2.56 bits per heavy atom. The number of anilines is 1. The normalized spacial score (nSPS) is 20.4. The van der Waals surface area contributed by atoms with E-state index in [1.807, 2.05) is 15.6 Å². The third-order valence-electron chi connectivity index (χ3n) is 7.60. The fraction of sp³-hybridized carbons (Fsp3) is 0.500. The van der Waals surface area contributed by atoms with Crippen LogP contribution in [0.2, 0.25) is 0 Å². The molecule has 1 aromatic carbocycles. The van der Waals surface area contributed by atoms with Crippen LogP contribution in [-0.2, 0) is 4.79 Å². The minimum Gasteiger partial charge on any atom is -0.496 e. The van der Waals surface area contributed by atoms with Crippen molar-refractivity contribution in [2.75, 3.05) is 32.1 Å². The summed E-state index contributed by atoms with van der Waals surface area (Å²) < 4.78 is 7.72. The highest BCUT2D eigenvalue weighted by Crippen LogP contribution is 2.48. The first-order chi connectivity index (χ1) is 16.4. The summed E-state index contributed by atoms with van der Waals surface area (Å²) in [4.78, 5) is 26.5. The van der Waals surface area contributed by atoms with Crippen molar-refractivity contribution in [1.82, 2.24) is 14.7 Å². The van der Waals surface area contributed by atoms with E-state index in [0.29, 0.717) is 42.0 Å². The van der Waals surface area contributed by atoms with Crippen LogP contribution in [0.4, 0.5) is 5.82 Å². The number of benzene rings is 1. The van der Waals surface area contributed by atoms with Crippen molar-refractivity contribution in [3.63, 3.8) is 0 Å². The quantitative estimate of drug-likeness (QED) is 0.637. The van der Waals surface area contributed by atoms with Crippen LogP contribution in [0.15, 0.2) is 24.8 Å². The second-order valence-corrected chi connectivity index (χ2v) is 9.71. The Balaban J connectivity index is 1.51. The summed E-state index contributed by atoms with van der Waals surface area (Å²) in [7, 11) is 1.69. The standard InChI is InChI=1S/C26H33N5O3/c1-4-21(32)30-11-8-16(9-12-30)19-7-10-28-26-23(25(27)33)24(29-31(19)26)18-13-15(2)22(17-5-6-17)20(14-18)34-3/h4,13-14,16-17,19,28H,1,5-12H2,2-3H3,(H2,27,33). The second-order valence-electron chi connectivity index (χ2n) is 9.71. The van der Waals surface area contributed by atoms with E-state index in [4.69, 9.17) is 15.6 Å². The van der Waals surface area contributed by atoms with E-state index >= 15 is 0 Å². The Morgan fingerprint density at radius 2 is 1.94 bits per heavy atom. The molecule has 2 fully saturated rings. The predicted molar refractivity (Wildman–Crippen MR) is 131 cm³/mol. The monoisotopic (exact) mass is 463 g/mol. The molecule has 3 aliphatic rings. The lowest BCUT2D eigenvalue weighted by Gasteiger charge is -2.38. The van der Waals surface area contributed by atoms with Crippen LogP contribution in [0.25, 0.3) is 11.3 Å². The maximum absolute atomic E-state index is 12.6. The topological polar surface area (TPSA) is 102 Å². The van der Waals surface area contributed by atoms with Gasteiger partial charge in [-0.3, -0.25) is 9.59 Å². The lowest BCUT2D eigenvalue weighted by molar-refractivity contribution is -0.127. The summed E-state index contributed by atoms with van der Waals surface area (Å²) in [5, 5.41) is 8.36. The number of amides is 2. The number of piperidine rings is 1. The Bertz CT molecular complexity index is 1140. The van der Waals surface area contributed by atoms with Crippen molar-refractivity contribution >= 4 is 17.6 Å². The van der Waals surface area contributed by atoms with Crippen LogP contribution in [0.1, 0.15) is 65.5 Å². The Hall–Kier alpha value is -3.29. The highest BCUT2D eigenvalue weighted by Gasteiger charge is 2.36. The first-order valence-corrected chi connectivity index (χ1v) is 12.2. The first-order valence-electron chi connectivity index (χ1n) is 12.2. The molecule has 3 heterocycles. The fourth-order valence-electron chi connectivity index (χ4n) is 5.78. The Morgan fingerprint density at radius 1 is 1.21 bits per heavy atom. The number of hydrogen-bond donors (Lipinski definition) is 2. The number of nitrogens with one attached hydrogen (secondary N) is 1. The number of carbonyl (C=O) groups excluding carboxylic acids is 2. The molecule has 0 bridgehead atoms. The molecule has 5 rings (SSSR count). The molecule has 1 saturated heterocycles. The maximum atomic E-state index is 12.6. The van der Waals surface area contributed by atoms with Gasteiger partial charge in [0.2, 0.25) is 5.91 Å². The maximum Gasteiger partial charge on any atom is 0.254 e. The molecule has 180 valence electrons. The van der Waals surface area contributed by atoms with E-state index in [0.717, 1.165) is 42.7 Å². The number of likely N-dealkylation sites (tertiary alicyclic amines) is 1. The number of nitrogens with zero attached hydrogens (tertiary/aromatic N) is 3. The minimum atomic E-state index is -0.487. The molecule has 8 heteroatoms. The molecule has 1 atom stereocenters. The summed E-state index contributed by atoms with van der Waals surface area (Å²) in [6.45, 7) is 7.88. The van der Waals surface area contributed by atoms with Crippen molar-refractivity contribution in [2.45, 2.75) is 51.0 Å². The summed E-state index contributed by atoms with van der Waals surface area (Å²) in [6.07, 6.45) is 6.46. The van der Waals surface area contributed by atoms with Gasteiger partial charge in [-0.25, -0.2) is 4.68 Å². The number of nitrogens with two attached hydrogens (primary N) is 1. The van der Waals surface area contributed by atoms with E-state index < -0.39 is 5.91 Å². The van der Waals surface area contributed by atoms with E-state index in [-0.39, 0.29) is 11.9 Å². The molecule has 1 saturated carbocycles. The van der Waals surface area contributed by atoms with Crippen molar-refractivity contribution in [3.05, 3.63) is 41.5 Å². The zero-order valence-corrected chi connectivity index (χ0v) is 20.0. The Kier molecular flexibility index (Phi) is 5.83. The number of aromatic nitrogens is 2. The molecule has 8 nitrogen and oxygen atoms in total. The highest BCUT2D eigenvalue weighted by atomic mass is 16.5. The van der Waals surface area contributed by atoms with Gasteiger partial charge in [-0.05, 0) is 74.6 Å². The zero-order chi connectivity index (χ0) is 24.0. The number of hydrogen-bond acceptors (Lipinski definition) is 5. The molecular weight excluding hydrogens is 430 g/mol. The number of aryl methyl sites for hydroxylation is 1. The van der Waals surface area contributed by atoms with Crippen LogP contribution in [-0.4, -0.2) is 53.2 Å². The second kappa shape index (κ2) is 8.81. The van der Waals surface area contributed by atoms with Gasteiger partial charge in [0.1, 0.15) is 22.8 Å². The van der Waals surface area contributed by atoms with E-state index in [1.165, 1.54) is 24.5 Å². The molecule has 34 heavy (non-hydrogen) atoms. The van der Waals surface area contributed by atoms with Crippen molar-refractivity contribution < 1.29 is 14.3 Å². The summed E-state index contributed by atoms with van der Waals surface area (Å²) in [6, 6.07) is 4.25.